The molecule has 69 heavy (non-hydrogen) atoms. The molecule has 1 aliphatic rings. The van der Waals surface area contributed by atoms with Crippen LogP contribution in [0.3, 0.4) is 0 Å². The number of fused-ring (bicyclic) bond motifs is 6. The predicted molar refractivity (Wildman–Crippen MR) is 287 cm³/mol. The molecule has 0 saturated carbocycles. The van der Waals surface area contributed by atoms with Crippen LogP contribution >= 0.6 is 0 Å². The van der Waals surface area contributed by atoms with Gasteiger partial charge < -0.3 is 9.32 Å². The van der Waals surface area contributed by atoms with Crippen LogP contribution in [-0.2, 0) is 5.41 Å². The second kappa shape index (κ2) is 16.7. The minimum Gasteiger partial charge on any atom is -0.456 e. The lowest BCUT2D eigenvalue weighted by atomic mass is 9.67. The van der Waals surface area contributed by atoms with Crippen LogP contribution in [0.2, 0.25) is 0 Å². The third kappa shape index (κ3) is 6.64. The molecule has 0 saturated heterocycles. The Kier molecular flexibility index (Phi) is 9.77. The second-order valence-electron chi connectivity index (χ2n) is 17.9. The standard InChI is InChI=1S/C67H45NO/c1-4-20-46(21-5-1)47-38-40-48(41-39-47)54-28-11-15-35-62(54)68(53-27-18-22-49(44-53)50-42-43-65-59(45-50)56-30-13-17-37-64(56)69-65)63-36-16-12-29-55(63)57-32-19-34-61-66(57)58-31-10-14-33-60(58)67(61,51-23-6-2-7-24-51)52-25-8-3-9-26-52/h1-45H. The quantitative estimate of drug-likeness (QED) is 0.144. The van der Waals surface area contributed by atoms with Gasteiger partial charge in [-0.1, -0.05) is 231 Å². The highest BCUT2D eigenvalue weighted by Crippen LogP contribution is 2.59. The third-order valence-corrected chi connectivity index (χ3v) is 14.2. The van der Waals surface area contributed by atoms with E-state index >= 15 is 0 Å². The van der Waals surface area contributed by atoms with Gasteiger partial charge in [-0.2, -0.15) is 0 Å². The number of benzene rings is 11. The van der Waals surface area contributed by atoms with Gasteiger partial charge in [0.15, 0.2) is 0 Å². The minimum absolute atomic E-state index is 0.520. The van der Waals surface area contributed by atoms with E-state index in [1.165, 1.54) is 50.1 Å². The van der Waals surface area contributed by atoms with Crippen LogP contribution in [0.5, 0.6) is 0 Å². The van der Waals surface area contributed by atoms with Gasteiger partial charge in [-0.05, 0) is 109 Å². The second-order valence-corrected chi connectivity index (χ2v) is 17.9. The third-order valence-electron chi connectivity index (χ3n) is 14.2. The van der Waals surface area contributed by atoms with Crippen molar-refractivity contribution in [3.05, 3.63) is 295 Å². The molecule has 1 aromatic heterocycles. The van der Waals surface area contributed by atoms with Gasteiger partial charge in [0.05, 0.1) is 16.8 Å². The van der Waals surface area contributed by atoms with Crippen molar-refractivity contribution >= 4 is 39.0 Å². The Morgan fingerprint density at radius 1 is 0.290 bits per heavy atom. The van der Waals surface area contributed by atoms with Gasteiger partial charge >= 0.3 is 0 Å². The number of nitrogens with zero attached hydrogens (tertiary/aromatic N) is 1. The molecule has 0 N–H and O–H groups in total. The summed E-state index contributed by atoms with van der Waals surface area (Å²) in [5, 5.41) is 2.23. The molecule has 11 aromatic carbocycles. The SMILES string of the molecule is c1ccc(-c2ccc(-c3ccccc3N(c3cccc(-c4ccc5oc6ccccc6c5c4)c3)c3ccccc3-c3cccc4c3-c3ccccc3C4(c3ccccc3)c3ccccc3)cc2)cc1. The molecule has 324 valence electrons. The monoisotopic (exact) mass is 879 g/mol. The zero-order chi connectivity index (χ0) is 45.7. The van der Waals surface area contributed by atoms with Crippen LogP contribution < -0.4 is 4.90 Å². The van der Waals surface area contributed by atoms with Crippen LogP contribution in [0.25, 0.3) is 77.6 Å². The van der Waals surface area contributed by atoms with Gasteiger partial charge in [0.2, 0.25) is 0 Å². The van der Waals surface area contributed by atoms with Gasteiger partial charge in [0.25, 0.3) is 0 Å². The summed E-state index contributed by atoms with van der Waals surface area (Å²) in [6.45, 7) is 0. The zero-order valence-electron chi connectivity index (χ0n) is 37.8. The van der Waals surface area contributed by atoms with Crippen molar-refractivity contribution in [2.75, 3.05) is 4.90 Å². The van der Waals surface area contributed by atoms with E-state index in [0.717, 1.165) is 66.8 Å². The summed E-state index contributed by atoms with van der Waals surface area (Å²) in [6.07, 6.45) is 0. The topological polar surface area (TPSA) is 16.4 Å². The van der Waals surface area contributed by atoms with E-state index in [-0.39, 0.29) is 0 Å². The molecule has 2 nitrogen and oxygen atoms in total. The Bertz CT molecular complexity index is 3790. The lowest BCUT2D eigenvalue weighted by molar-refractivity contribution is 0.669. The van der Waals surface area contributed by atoms with Crippen LogP contribution in [0.1, 0.15) is 22.3 Å². The molecule has 12 aromatic rings. The highest BCUT2D eigenvalue weighted by molar-refractivity contribution is 6.07. The van der Waals surface area contributed by atoms with Crippen LogP contribution in [0, 0.1) is 0 Å². The Morgan fingerprint density at radius 2 is 0.783 bits per heavy atom. The Labute approximate surface area is 402 Å². The van der Waals surface area contributed by atoms with Crippen molar-refractivity contribution in [2.45, 2.75) is 5.41 Å². The maximum atomic E-state index is 6.27. The summed E-state index contributed by atoms with van der Waals surface area (Å²) in [6, 6.07) is 99.4. The van der Waals surface area contributed by atoms with Crippen molar-refractivity contribution in [1.29, 1.82) is 0 Å². The van der Waals surface area contributed by atoms with E-state index in [4.69, 9.17) is 4.42 Å². The smallest absolute Gasteiger partial charge is 0.135 e. The average molecular weight is 880 g/mol. The van der Waals surface area contributed by atoms with Crippen molar-refractivity contribution in [3.8, 4) is 55.6 Å². The molecule has 0 spiro atoms. The summed E-state index contributed by atoms with van der Waals surface area (Å²) < 4.78 is 6.27. The van der Waals surface area contributed by atoms with Crippen LogP contribution in [0.15, 0.2) is 277 Å². The summed E-state index contributed by atoms with van der Waals surface area (Å²) in [4.78, 5) is 2.48. The fraction of sp³-hybridized carbons (Fsp3) is 0.0149. The van der Waals surface area contributed by atoms with E-state index < -0.39 is 5.41 Å². The normalized spacial score (nSPS) is 12.5. The summed E-state index contributed by atoms with van der Waals surface area (Å²) in [7, 11) is 0. The number of hydrogen-bond donors (Lipinski definition) is 0. The maximum Gasteiger partial charge on any atom is 0.135 e. The largest absolute Gasteiger partial charge is 0.456 e. The molecular weight excluding hydrogens is 835 g/mol. The molecule has 0 fully saturated rings. The highest BCUT2D eigenvalue weighted by atomic mass is 16.3. The molecular formula is C67H45NO. The van der Waals surface area contributed by atoms with Gasteiger partial charge in [-0.3, -0.25) is 0 Å². The number of rotatable bonds is 9. The first-order chi connectivity index (χ1) is 34.2. The lowest BCUT2D eigenvalue weighted by Crippen LogP contribution is -2.28. The predicted octanol–water partition coefficient (Wildman–Crippen LogP) is 18.1. The lowest BCUT2D eigenvalue weighted by Gasteiger charge is -2.34. The fourth-order valence-corrected chi connectivity index (χ4v) is 11.1. The molecule has 0 amide bonds. The minimum atomic E-state index is -0.520. The molecule has 1 aliphatic carbocycles. The fourth-order valence-electron chi connectivity index (χ4n) is 11.1. The van der Waals surface area contributed by atoms with E-state index in [2.05, 4.69) is 266 Å². The van der Waals surface area contributed by atoms with E-state index in [1.807, 2.05) is 12.1 Å². The molecule has 2 heteroatoms. The van der Waals surface area contributed by atoms with Crippen molar-refractivity contribution in [2.24, 2.45) is 0 Å². The average Bonchev–Trinajstić information content (AvgIpc) is 3.96. The molecule has 0 atom stereocenters. The Morgan fingerprint density at radius 3 is 1.54 bits per heavy atom. The van der Waals surface area contributed by atoms with E-state index in [9.17, 15) is 0 Å². The first-order valence-corrected chi connectivity index (χ1v) is 23.7. The van der Waals surface area contributed by atoms with Crippen molar-refractivity contribution in [3.63, 3.8) is 0 Å². The molecule has 1 heterocycles. The highest BCUT2D eigenvalue weighted by Gasteiger charge is 2.47. The number of furan rings is 1. The van der Waals surface area contributed by atoms with Crippen molar-refractivity contribution < 1.29 is 4.42 Å². The van der Waals surface area contributed by atoms with Crippen LogP contribution in [-0.4, -0.2) is 0 Å². The van der Waals surface area contributed by atoms with E-state index in [0.29, 0.717) is 0 Å². The van der Waals surface area contributed by atoms with E-state index in [1.54, 1.807) is 0 Å². The zero-order valence-corrected chi connectivity index (χ0v) is 37.8. The van der Waals surface area contributed by atoms with Gasteiger partial charge in [0.1, 0.15) is 11.2 Å². The van der Waals surface area contributed by atoms with Gasteiger partial charge in [0, 0.05) is 27.6 Å². The molecule has 13 rings (SSSR count). The number of hydrogen-bond acceptors (Lipinski definition) is 2. The first-order valence-electron chi connectivity index (χ1n) is 23.7. The first kappa shape index (κ1) is 40.3. The summed E-state index contributed by atoms with van der Waals surface area (Å²) >= 11 is 0. The molecule has 0 bridgehead atoms. The summed E-state index contributed by atoms with van der Waals surface area (Å²) in [5.41, 5.74) is 21.3. The maximum absolute atomic E-state index is 6.27. The van der Waals surface area contributed by atoms with Crippen molar-refractivity contribution in [1.82, 2.24) is 0 Å². The summed E-state index contributed by atoms with van der Waals surface area (Å²) in [5.74, 6) is 0. The van der Waals surface area contributed by atoms with Crippen LogP contribution in [0.4, 0.5) is 17.1 Å². The number of para-hydroxylation sites is 3. The number of anilines is 3. The molecule has 0 aliphatic heterocycles. The molecule has 0 radical (unpaired) electrons. The Balaban J connectivity index is 1.04. The van der Waals surface area contributed by atoms with Gasteiger partial charge in [-0.15, -0.1) is 0 Å². The van der Waals surface area contributed by atoms with Gasteiger partial charge in [-0.25, -0.2) is 0 Å². The Hall–Kier alpha value is -8.98. The molecule has 0 unspecified atom stereocenters.